The molecule has 0 bridgehead atoms. The Labute approximate surface area is 110 Å². The number of aryl methyl sites for hydroxylation is 1. The lowest BCUT2D eigenvalue weighted by Crippen LogP contribution is -2.26. The van der Waals surface area contributed by atoms with Crippen molar-refractivity contribution in [1.29, 1.82) is 5.26 Å². The van der Waals surface area contributed by atoms with Gasteiger partial charge in [-0.25, -0.2) is 0 Å². The molecule has 1 aliphatic carbocycles. The molecule has 3 heteroatoms. The van der Waals surface area contributed by atoms with E-state index in [1.807, 2.05) is 23.9 Å². The number of hydrogen-bond acceptors (Lipinski definition) is 2. The summed E-state index contributed by atoms with van der Waals surface area (Å²) in [5.41, 5.74) is 1.94. The van der Waals surface area contributed by atoms with Crippen LogP contribution in [0.1, 0.15) is 43.9 Å². The molecule has 1 heterocycles. The van der Waals surface area contributed by atoms with E-state index in [1.165, 1.54) is 31.2 Å². The fourth-order valence-electron chi connectivity index (χ4n) is 3.01. The van der Waals surface area contributed by atoms with Crippen molar-refractivity contribution in [3.8, 4) is 6.07 Å². The van der Waals surface area contributed by atoms with Crippen molar-refractivity contribution in [2.24, 2.45) is 18.9 Å². The lowest BCUT2D eigenvalue weighted by atomic mass is 9.82. The smallest absolute Gasteiger partial charge is 0.120 e. The third kappa shape index (κ3) is 3.36. The molecule has 0 aliphatic heterocycles. The molecule has 0 radical (unpaired) electrons. The van der Waals surface area contributed by atoms with Crippen molar-refractivity contribution < 1.29 is 0 Å². The summed E-state index contributed by atoms with van der Waals surface area (Å²) in [5.74, 6) is 1.74. The van der Waals surface area contributed by atoms with Crippen LogP contribution in [-0.2, 0) is 13.6 Å². The van der Waals surface area contributed by atoms with Crippen molar-refractivity contribution in [3.63, 3.8) is 0 Å². The molecule has 2 unspecified atom stereocenters. The van der Waals surface area contributed by atoms with E-state index < -0.39 is 0 Å². The van der Waals surface area contributed by atoms with Crippen LogP contribution in [0.3, 0.4) is 0 Å². The molecule has 0 amide bonds. The van der Waals surface area contributed by atoms with Crippen molar-refractivity contribution in [1.82, 2.24) is 9.88 Å². The highest BCUT2D eigenvalue weighted by Gasteiger charge is 2.18. The van der Waals surface area contributed by atoms with Crippen molar-refractivity contribution in [2.45, 2.75) is 39.2 Å². The Kier molecular flexibility index (Phi) is 4.43. The second-order valence-corrected chi connectivity index (χ2v) is 5.73. The summed E-state index contributed by atoms with van der Waals surface area (Å²) in [5, 5.41) is 12.4. The van der Waals surface area contributed by atoms with E-state index in [0.717, 1.165) is 30.6 Å². The maximum atomic E-state index is 8.90. The van der Waals surface area contributed by atoms with Gasteiger partial charge in [-0.15, -0.1) is 0 Å². The number of nitrogens with one attached hydrogen (secondary N) is 1. The van der Waals surface area contributed by atoms with Crippen LogP contribution in [0.5, 0.6) is 0 Å². The van der Waals surface area contributed by atoms with Gasteiger partial charge >= 0.3 is 0 Å². The Morgan fingerprint density at radius 2 is 2.33 bits per heavy atom. The summed E-state index contributed by atoms with van der Waals surface area (Å²) >= 11 is 0. The number of hydrogen-bond donors (Lipinski definition) is 1. The molecule has 0 spiro atoms. The quantitative estimate of drug-likeness (QED) is 0.886. The zero-order valence-electron chi connectivity index (χ0n) is 11.4. The largest absolute Gasteiger partial charge is 0.342 e. The van der Waals surface area contributed by atoms with E-state index in [1.54, 1.807) is 0 Å². The second kappa shape index (κ2) is 6.06. The van der Waals surface area contributed by atoms with E-state index in [0.29, 0.717) is 0 Å². The Bertz CT molecular complexity index is 427. The molecular weight excluding hydrogens is 222 g/mol. The molecule has 1 aromatic rings. The molecule has 1 fully saturated rings. The minimum Gasteiger partial charge on any atom is -0.342 e. The maximum absolute atomic E-state index is 8.90. The highest BCUT2D eigenvalue weighted by molar-refractivity contribution is 5.28. The second-order valence-electron chi connectivity index (χ2n) is 5.73. The fourth-order valence-corrected chi connectivity index (χ4v) is 3.01. The van der Waals surface area contributed by atoms with Gasteiger partial charge in [0.25, 0.3) is 0 Å². The molecule has 1 aromatic heterocycles. The average molecular weight is 245 g/mol. The molecule has 2 rings (SSSR count). The van der Waals surface area contributed by atoms with Crippen molar-refractivity contribution >= 4 is 0 Å². The zero-order chi connectivity index (χ0) is 13.0. The molecule has 1 N–H and O–H groups in total. The van der Waals surface area contributed by atoms with Gasteiger partial charge in [0.15, 0.2) is 0 Å². The van der Waals surface area contributed by atoms with E-state index >= 15 is 0 Å². The SMILES string of the molecule is CC1CCCC(CNCc2cc(C#N)n(C)c2)C1. The first-order chi connectivity index (χ1) is 8.69. The van der Waals surface area contributed by atoms with Crippen LogP contribution >= 0.6 is 0 Å². The summed E-state index contributed by atoms with van der Waals surface area (Å²) in [7, 11) is 1.92. The number of nitrogens with zero attached hydrogens (tertiary/aromatic N) is 2. The van der Waals surface area contributed by atoms with E-state index in [9.17, 15) is 0 Å². The summed E-state index contributed by atoms with van der Waals surface area (Å²) < 4.78 is 1.89. The van der Waals surface area contributed by atoms with E-state index in [-0.39, 0.29) is 0 Å². The number of aromatic nitrogens is 1. The van der Waals surface area contributed by atoms with Gasteiger partial charge in [-0.3, -0.25) is 0 Å². The minimum absolute atomic E-state index is 0.734. The standard InChI is InChI=1S/C15H23N3/c1-12-4-3-5-13(6-12)9-17-10-14-7-15(8-16)18(2)11-14/h7,11-13,17H,3-6,9-10H2,1-2H3. The summed E-state index contributed by atoms with van der Waals surface area (Å²) in [4.78, 5) is 0. The van der Waals surface area contributed by atoms with Gasteiger partial charge in [0, 0.05) is 19.8 Å². The first-order valence-corrected chi connectivity index (χ1v) is 6.95. The first-order valence-electron chi connectivity index (χ1n) is 6.95. The van der Waals surface area contributed by atoms with Crippen LogP contribution in [0.2, 0.25) is 0 Å². The van der Waals surface area contributed by atoms with Crippen LogP contribution in [0.4, 0.5) is 0 Å². The minimum atomic E-state index is 0.734. The molecule has 1 aliphatic rings. The van der Waals surface area contributed by atoms with Crippen LogP contribution in [0, 0.1) is 23.2 Å². The highest BCUT2D eigenvalue weighted by atomic mass is 14.9. The molecule has 98 valence electrons. The predicted molar refractivity (Wildman–Crippen MR) is 73.0 cm³/mol. The summed E-state index contributed by atoms with van der Waals surface area (Å²) in [6, 6.07) is 4.17. The van der Waals surface area contributed by atoms with Gasteiger partial charge < -0.3 is 9.88 Å². The molecular formula is C15H23N3. The van der Waals surface area contributed by atoms with Crippen LogP contribution < -0.4 is 5.32 Å². The molecule has 3 nitrogen and oxygen atoms in total. The Balaban J connectivity index is 1.76. The Hall–Kier alpha value is -1.27. The molecule has 0 aromatic carbocycles. The third-order valence-corrected chi connectivity index (χ3v) is 3.98. The highest BCUT2D eigenvalue weighted by Crippen LogP contribution is 2.27. The van der Waals surface area contributed by atoms with Crippen molar-refractivity contribution in [2.75, 3.05) is 6.54 Å². The monoisotopic (exact) mass is 245 g/mol. The fraction of sp³-hybridized carbons (Fsp3) is 0.667. The lowest BCUT2D eigenvalue weighted by Gasteiger charge is -2.26. The van der Waals surface area contributed by atoms with Gasteiger partial charge in [-0.1, -0.05) is 19.8 Å². The van der Waals surface area contributed by atoms with Crippen LogP contribution in [-0.4, -0.2) is 11.1 Å². The van der Waals surface area contributed by atoms with Crippen LogP contribution in [0.25, 0.3) is 0 Å². The average Bonchev–Trinajstić information content (AvgIpc) is 2.70. The van der Waals surface area contributed by atoms with Gasteiger partial charge in [0.1, 0.15) is 11.8 Å². The predicted octanol–water partition coefficient (Wildman–Crippen LogP) is 2.81. The third-order valence-electron chi connectivity index (χ3n) is 3.98. The molecule has 1 saturated carbocycles. The molecule has 18 heavy (non-hydrogen) atoms. The summed E-state index contributed by atoms with van der Waals surface area (Å²) in [6.45, 7) is 4.35. The maximum Gasteiger partial charge on any atom is 0.120 e. The first kappa shape index (κ1) is 13.2. The van der Waals surface area contributed by atoms with Gasteiger partial charge in [0.05, 0.1) is 0 Å². The molecule has 0 saturated heterocycles. The topological polar surface area (TPSA) is 40.8 Å². The van der Waals surface area contributed by atoms with E-state index in [4.69, 9.17) is 5.26 Å². The van der Waals surface area contributed by atoms with Gasteiger partial charge in [-0.05, 0) is 42.9 Å². The Morgan fingerprint density at radius 1 is 1.50 bits per heavy atom. The van der Waals surface area contributed by atoms with Crippen molar-refractivity contribution in [3.05, 3.63) is 23.5 Å². The molecule has 2 atom stereocenters. The number of nitriles is 1. The van der Waals surface area contributed by atoms with Gasteiger partial charge in [-0.2, -0.15) is 5.26 Å². The zero-order valence-corrected chi connectivity index (χ0v) is 11.4. The van der Waals surface area contributed by atoms with Gasteiger partial charge in [0.2, 0.25) is 0 Å². The lowest BCUT2D eigenvalue weighted by molar-refractivity contribution is 0.274. The Morgan fingerprint density at radius 3 is 3.00 bits per heavy atom. The number of rotatable bonds is 4. The van der Waals surface area contributed by atoms with E-state index in [2.05, 4.69) is 18.3 Å². The summed E-state index contributed by atoms with van der Waals surface area (Å²) in [6.07, 6.45) is 7.56. The van der Waals surface area contributed by atoms with Crippen LogP contribution in [0.15, 0.2) is 12.3 Å². The normalized spacial score (nSPS) is 23.8.